The van der Waals surface area contributed by atoms with Gasteiger partial charge in [0.05, 0.1) is 26.9 Å². The molecule has 0 bridgehead atoms. The van der Waals surface area contributed by atoms with Crippen LogP contribution in [0.5, 0.6) is 11.5 Å². The number of ether oxygens (including phenoxy) is 2. The van der Waals surface area contributed by atoms with Gasteiger partial charge in [0, 0.05) is 17.2 Å². The topological polar surface area (TPSA) is 90.7 Å². The molecule has 1 aromatic carbocycles. The molecule has 0 saturated heterocycles. The van der Waals surface area contributed by atoms with Crippen LogP contribution in [0.1, 0.15) is 17.2 Å². The van der Waals surface area contributed by atoms with Gasteiger partial charge in [0.1, 0.15) is 11.5 Å². The Morgan fingerprint density at radius 3 is 2.35 bits per heavy atom. The summed E-state index contributed by atoms with van der Waals surface area (Å²) in [5, 5.41) is 9.03. The number of hydrogen-bond acceptors (Lipinski definition) is 5. The van der Waals surface area contributed by atoms with Gasteiger partial charge in [-0.15, -0.1) is 0 Å². The van der Waals surface area contributed by atoms with E-state index in [0.717, 1.165) is 16.9 Å². The van der Waals surface area contributed by atoms with Gasteiger partial charge in [0.15, 0.2) is 0 Å². The Morgan fingerprint density at radius 1 is 1.24 bits per heavy atom. The first-order chi connectivity index (χ1) is 8.06. The Hall–Kier alpha value is -1.30. The molecule has 5 N–H and O–H groups in total. The zero-order valence-electron chi connectivity index (χ0n) is 10.4. The highest BCUT2D eigenvalue weighted by Crippen LogP contribution is 2.34. The molecule has 5 nitrogen and oxygen atoms in total. The summed E-state index contributed by atoms with van der Waals surface area (Å²) in [4.78, 5) is 0. The smallest absolute Gasteiger partial charge is 0.130 e. The summed E-state index contributed by atoms with van der Waals surface area (Å²) in [7, 11) is 3.17. The summed E-state index contributed by atoms with van der Waals surface area (Å²) in [5.41, 5.74) is 13.4. The van der Waals surface area contributed by atoms with Crippen molar-refractivity contribution in [1.82, 2.24) is 0 Å². The van der Waals surface area contributed by atoms with Gasteiger partial charge < -0.3 is 26.0 Å². The fraction of sp³-hybridized carbons (Fsp3) is 0.500. The van der Waals surface area contributed by atoms with Crippen LogP contribution in [0.15, 0.2) is 12.1 Å². The largest absolute Gasteiger partial charge is 0.496 e. The Kier molecular flexibility index (Phi) is 4.74. The Balaban J connectivity index is 3.20. The summed E-state index contributed by atoms with van der Waals surface area (Å²) in [6.07, 6.45) is 0. The molecule has 0 aromatic heterocycles. The highest BCUT2D eigenvalue weighted by Gasteiger charge is 2.21. The monoisotopic (exact) mass is 240 g/mol. The minimum atomic E-state index is -0.517. The van der Waals surface area contributed by atoms with E-state index < -0.39 is 12.1 Å². The second-order valence-electron chi connectivity index (χ2n) is 3.89. The third-order valence-electron chi connectivity index (χ3n) is 2.84. The molecule has 0 spiro atoms. The van der Waals surface area contributed by atoms with Crippen molar-refractivity contribution < 1.29 is 14.6 Å². The quantitative estimate of drug-likeness (QED) is 0.690. The van der Waals surface area contributed by atoms with Gasteiger partial charge in [-0.3, -0.25) is 0 Å². The molecule has 0 amide bonds. The highest BCUT2D eigenvalue weighted by molar-refractivity contribution is 5.50. The average Bonchev–Trinajstić information content (AvgIpc) is 2.36. The lowest BCUT2D eigenvalue weighted by Crippen LogP contribution is -2.37. The van der Waals surface area contributed by atoms with Crippen LogP contribution < -0.4 is 20.9 Å². The van der Waals surface area contributed by atoms with Crippen molar-refractivity contribution in [3.63, 3.8) is 0 Å². The van der Waals surface area contributed by atoms with Gasteiger partial charge in [-0.2, -0.15) is 0 Å². The maximum atomic E-state index is 9.03. The van der Waals surface area contributed by atoms with Gasteiger partial charge in [-0.25, -0.2) is 0 Å². The highest BCUT2D eigenvalue weighted by atomic mass is 16.5. The summed E-state index contributed by atoms with van der Waals surface area (Å²) < 4.78 is 10.5. The molecule has 0 heterocycles. The summed E-state index contributed by atoms with van der Waals surface area (Å²) in [6, 6.07) is 2.64. The van der Waals surface area contributed by atoms with E-state index in [1.54, 1.807) is 14.2 Å². The van der Waals surface area contributed by atoms with Gasteiger partial charge in [0.2, 0.25) is 0 Å². The molecule has 0 fully saturated rings. The van der Waals surface area contributed by atoms with Crippen LogP contribution in [0.25, 0.3) is 0 Å². The molecule has 0 aliphatic carbocycles. The molecule has 5 heteroatoms. The third-order valence-corrected chi connectivity index (χ3v) is 2.84. The van der Waals surface area contributed by atoms with Crippen LogP contribution in [0.4, 0.5) is 0 Å². The van der Waals surface area contributed by atoms with E-state index in [4.69, 9.17) is 26.0 Å². The Morgan fingerprint density at radius 2 is 1.88 bits per heavy atom. The normalized spacial score (nSPS) is 14.2. The van der Waals surface area contributed by atoms with Crippen molar-refractivity contribution >= 4 is 0 Å². The predicted octanol–water partition coefficient (Wildman–Crippen LogP) is 0.332. The molecule has 1 rings (SSSR count). The number of aliphatic hydroxyl groups excluding tert-OH is 1. The second kappa shape index (κ2) is 5.86. The fourth-order valence-corrected chi connectivity index (χ4v) is 1.79. The van der Waals surface area contributed by atoms with E-state index in [-0.39, 0.29) is 6.61 Å². The zero-order valence-corrected chi connectivity index (χ0v) is 10.4. The van der Waals surface area contributed by atoms with Crippen LogP contribution in [-0.4, -0.2) is 32.0 Å². The minimum absolute atomic E-state index is 0.171. The number of rotatable bonds is 5. The maximum absolute atomic E-state index is 9.03. The number of methoxy groups -OCH3 is 2. The number of nitrogens with two attached hydrogens (primary N) is 2. The van der Waals surface area contributed by atoms with Crippen molar-refractivity contribution in [2.24, 2.45) is 11.5 Å². The molecule has 2 atom stereocenters. The lowest BCUT2D eigenvalue weighted by atomic mass is 9.97. The Labute approximate surface area is 101 Å². The minimum Gasteiger partial charge on any atom is -0.496 e. The summed E-state index contributed by atoms with van der Waals surface area (Å²) in [5.74, 6) is 1.39. The number of aliphatic hydroxyl groups is 1. The molecule has 17 heavy (non-hydrogen) atoms. The SMILES string of the molecule is COc1ccc(C(N)C(N)CO)c(OC)c1C. The van der Waals surface area contributed by atoms with Crippen LogP contribution in [0.3, 0.4) is 0 Å². The lowest BCUT2D eigenvalue weighted by Gasteiger charge is -2.22. The van der Waals surface area contributed by atoms with E-state index >= 15 is 0 Å². The molecule has 96 valence electrons. The van der Waals surface area contributed by atoms with E-state index in [2.05, 4.69) is 0 Å². The average molecular weight is 240 g/mol. The first-order valence-electron chi connectivity index (χ1n) is 5.40. The number of benzene rings is 1. The number of hydrogen-bond donors (Lipinski definition) is 3. The van der Waals surface area contributed by atoms with Crippen molar-refractivity contribution in [1.29, 1.82) is 0 Å². The molecule has 2 unspecified atom stereocenters. The molecule has 0 aliphatic rings. The van der Waals surface area contributed by atoms with E-state index in [1.807, 2.05) is 19.1 Å². The van der Waals surface area contributed by atoms with Gasteiger partial charge >= 0.3 is 0 Å². The van der Waals surface area contributed by atoms with E-state index in [9.17, 15) is 0 Å². The van der Waals surface area contributed by atoms with Crippen LogP contribution in [0, 0.1) is 6.92 Å². The van der Waals surface area contributed by atoms with Crippen LogP contribution in [0.2, 0.25) is 0 Å². The van der Waals surface area contributed by atoms with Crippen molar-refractivity contribution in [3.05, 3.63) is 23.3 Å². The summed E-state index contributed by atoms with van der Waals surface area (Å²) in [6.45, 7) is 1.72. The first kappa shape index (κ1) is 13.8. The molecule has 0 radical (unpaired) electrons. The predicted molar refractivity (Wildman–Crippen MR) is 66.3 cm³/mol. The van der Waals surface area contributed by atoms with E-state index in [0.29, 0.717) is 5.75 Å². The molecular formula is C12H20N2O3. The Bertz CT molecular complexity index is 382. The molecule has 1 aromatic rings. The second-order valence-corrected chi connectivity index (χ2v) is 3.89. The maximum Gasteiger partial charge on any atom is 0.130 e. The van der Waals surface area contributed by atoms with Gasteiger partial charge in [-0.1, -0.05) is 0 Å². The summed E-state index contributed by atoms with van der Waals surface area (Å²) >= 11 is 0. The van der Waals surface area contributed by atoms with Crippen LogP contribution in [-0.2, 0) is 0 Å². The third kappa shape index (κ3) is 2.69. The van der Waals surface area contributed by atoms with E-state index in [1.165, 1.54) is 0 Å². The lowest BCUT2D eigenvalue weighted by molar-refractivity contribution is 0.248. The van der Waals surface area contributed by atoms with Crippen molar-refractivity contribution in [2.45, 2.75) is 19.0 Å². The molecular weight excluding hydrogens is 220 g/mol. The molecule has 0 saturated carbocycles. The van der Waals surface area contributed by atoms with Gasteiger partial charge in [0.25, 0.3) is 0 Å². The zero-order chi connectivity index (χ0) is 13.0. The van der Waals surface area contributed by atoms with Crippen LogP contribution >= 0.6 is 0 Å². The molecule has 0 aliphatic heterocycles. The van der Waals surface area contributed by atoms with Crippen molar-refractivity contribution in [3.8, 4) is 11.5 Å². The first-order valence-corrected chi connectivity index (χ1v) is 5.40. The standard InChI is InChI=1S/C12H20N2O3/c1-7-10(16-2)5-4-8(12(7)17-3)11(14)9(13)6-15/h4-5,9,11,15H,6,13-14H2,1-3H3. The fourth-order valence-electron chi connectivity index (χ4n) is 1.79. The van der Waals surface area contributed by atoms with Crippen molar-refractivity contribution in [2.75, 3.05) is 20.8 Å². The van der Waals surface area contributed by atoms with Gasteiger partial charge in [-0.05, 0) is 19.1 Å².